The summed E-state index contributed by atoms with van der Waals surface area (Å²) in [7, 11) is 2.01. The van der Waals surface area contributed by atoms with Crippen molar-refractivity contribution in [1.29, 1.82) is 0 Å². The molecule has 0 atom stereocenters. The van der Waals surface area contributed by atoms with Gasteiger partial charge in [-0.15, -0.1) is 11.8 Å². The van der Waals surface area contributed by atoms with Crippen LogP contribution in [-0.4, -0.2) is 31.1 Å². The van der Waals surface area contributed by atoms with Crippen molar-refractivity contribution in [3.05, 3.63) is 11.1 Å². The SMILES string of the molecule is CSC1=CCN(C)C=N1. The van der Waals surface area contributed by atoms with Crippen LogP contribution in [0.25, 0.3) is 0 Å². The maximum absolute atomic E-state index is 4.15. The van der Waals surface area contributed by atoms with Gasteiger partial charge in [0.1, 0.15) is 0 Å². The van der Waals surface area contributed by atoms with Gasteiger partial charge in [-0.1, -0.05) is 0 Å². The Morgan fingerprint density at radius 2 is 2.56 bits per heavy atom. The zero-order valence-electron chi connectivity index (χ0n) is 5.66. The highest BCUT2D eigenvalue weighted by atomic mass is 32.2. The Bertz CT molecular complexity index is 151. The van der Waals surface area contributed by atoms with Gasteiger partial charge in [-0.3, -0.25) is 0 Å². The third-order valence-electron chi connectivity index (χ3n) is 1.15. The molecule has 0 aromatic carbocycles. The molecule has 2 nitrogen and oxygen atoms in total. The first-order chi connectivity index (χ1) is 4.33. The van der Waals surface area contributed by atoms with Crippen molar-refractivity contribution in [2.45, 2.75) is 0 Å². The lowest BCUT2D eigenvalue weighted by molar-refractivity contribution is 0.573. The molecule has 9 heavy (non-hydrogen) atoms. The standard InChI is InChI=1S/C6H10N2S/c1-8-4-3-6(9-2)7-5-8/h3,5H,4H2,1-2H3. The number of hydrogen-bond donors (Lipinski definition) is 0. The molecule has 1 rings (SSSR count). The first kappa shape index (κ1) is 6.68. The molecule has 0 aromatic rings. The highest BCUT2D eigenvalue weighted by molar-refractivity contribution is 8.02. The summed E-state index contributed by atoms with van der Waals surface area (Å²) < 4.78 is 0. The van der Waals surface area contributed by atoms with E-state index >= 15 is 0 Å². The van der Waals surface area contributed by atoms with Crippen LogP contribution in [0.4, 0.5) is 0 Å². The van der Waals surface area contributed by atoms with E-state index in [2.05, 4.69) is 11.1 Å². The van der Waals surface area contributed by atoms with Gasteiger partial charge in [0.2, 0.25) is 0 Å². The van der Waals surface area contributed by atoms with E-state index in [1.165, 1.54) is 0 Å². The van der Waals surface area contributed by atoms with Crippen LogP contribution in [0.2, 0.25) is 0 Å². The van der Waals surface area contributed by atoms with Gasteiger partial charge in [0, 0.05) is 13.6 Å². The van der Waals surface area contributed by atoms with Crippen LogP contribution in [0.3, 0.4) is 0 Å². The monoisotopic (exact) mass is 142 g/mol. The smallest absolute Gasteiger partial charge is 0.0952 e. The fourth-order valence-corrected chi connectivity index (χ4v) is 1.01. The van der Waals surface area contributed by atoms with E-state index in [9.17, 15) is 0 Å². The van der Waals surface area contributed by atoms with Gasteiger partial charge in [0.15, 0.2) is 0 Å². The van der Waals surface area contributed by atoms with E-state index in [1.807, 2.05) is 24.5 Å². The Hall–Kier alpha value is -0.440. The third kappa shape index (κ3) is 1.75. The Morgan fingerprint density at radius 3 is 3.00 bits per heavy atom. The normalized spacial score (nSPS) is 18.0. The third-order valence-corrected chi connectivity index (χ3v) is 1.84. The quantitative estimate of drug-likeness (QED) is 0.546. The minimum absolute atomic E-state index is 0.986. The van der Waals surface area contributed by atoms with Crippen molar-refractivity contribution < 1.29 is 0 Å². The molecule has 0 unspecified atom stereocenters. The summed E-state index contributed by atoms with van der Waals surface area (Å²) in [6, 6.07) is 0. The van der Waals surface area contributed by atoms with E-state index in [-0.39, 0.29) is 0 Å². The highest BCUT2D eigenvalue weighted by Crippen LogP contribution is 2.14. The predicted molar refractivity (Wildman–Crippen MR) is 42.7 cm³/mol. The number of rotatable bonds is 1. The molecule has 50 valence electrons. The van der Waals surface area contributed by atoms with Gasteiger partial charge < -0.3 is 4.90 Å². The molecule has 1 heterocycles. The maximum Gasteiger partial charge on any atom is 0.0952 e. The number of likely N-dealkylation sites (N-methyl/N-ethyl adjacent to an activating group) is 1. The lowest BCUT2D eigenvalue weighted by Crippen LogP contribution is -2.18. The van der Waals surface area contributed by atoms with E-state index in [1.54, 1.807) is 11.8 Å². The molecular formula is C6H10N2S. The van der Waals surface area contributed by atoms with Gasteiger partial charge in [-0.25, -0.2) is 4.99 Å². The Kier molecular flexibility index (Phi) is 2.16. The van der Waals surface area contributed by atoms with E-state index in [0.717, 1.165) is 11.6 Å². The Labute approximate surface area is 59.6 Å². The number of aliphatic imine (C=N–C) groups is 1. The highest BCUT2D eigenvalue weighted by Gasteiger charge is 1.97. The van der Waals surface area contributed by atoms with Gasteiger partial charge in [0.25, 0.3) is 0 Å². The zero-order chi connectivity index (χ0) is 6.69. The molecule has 0 radical (unpaired) electrons. The summed E-state index contributed by atoms with van der Waals surface area (Å²) in [4.78, 5) is 6.20. The van der Waals surface area contributed by atoms with Gasteiger partial charge in [0.05, 0.1) is 11.4 Å². The van der Waals surface area contributed by atoms with Crippen LogP contribution in [0, 0.1) is 0 Å². The molecule has 0 saturated carbocycles. The summed E-state index contributed by atoms with van der Waals surface area (Å²) in [5, 5.41) is 1.12. The Balaban J connectivity index is 2.52. The molecule has 1 aliphatic heterocycles. The average Bonchev–Trinajstić information content (AvgIpc) is 1.90. The minimum Gasteiger partial charge on any atom is -0.362 e. The fourth-order valence-electron chi connectivity index (χ4n) is 0.613. The van der Waals surface area contributed by atoms with Crippen molar-refractivity contribution in [1.82, 2.24) is 4.90 Å². The van der Waals surface area contributed by atoms with E-state index < -0.39 is 0 Å². The minimum atomic E-state index is 0.986. The van der Waals surface area contributed by atoms with Gasteiger partial charge in [-0.2, -0.15) is 0 Å². The van der Waals surface area contributed by atoms with Crippen LogP contribution in [-0.2, 0) is 0 Å². The lowest BCUT2D eigenvalue weighted by atomic mass is 10.5. The maximum atomic E-state index is 4.15. The van der Waals surface area contributed by atoms with Crippen molar-refractivity contribution >= 4 is 18.1 Å². The zero-order valence-corrected chi connectivity index (χ0v) is 6.48. The summed E-state index contributed by atoms with van der Waals surface area (Å²) >= 11 is 1.68. The molecule has 0 aromatic heterocycles. The summed E-state index contributed by atoms with van der Waals surface area (Å²) in [5.74, 6) is 0. The molecule has 0 saturated heterocycles. The van der Waals surface area contributed by atoms with Crippen LogP contribution < -0.4 is 0 Å². The van der Waals surface area contributed by atoms with Crippen LogP contribution in [0.5, 0.6) is 0 Å². The molecule has 0 bridgehead atoms. The fraction of sp³-hybridized carbons (Fsp3) is 0.500. The number of hydrogen-bond acceptors (Lipinski definition) is 3. The average molecular weight is 142 g/mol. The Morgan fingerprint density at radius 1 is 1.78 bits per heavy atom. The topological polar surface area (TPSA) is 15.6 Å². The molecule has 0 fully saturated rings. The second kappa shape index (κ2) is 2.92. The second-order valence-corrected chi connectivity index (χ2v) is 2.76. The first-order valence-electron chi connectivity index (χ1n) is 2.81. The van der Waals surface area contributed by atoms with Crippen LogP contribution >= 0.6 is 11.8 Å². The van der Waals surface area contributed by atoms with Crippen molar-refractivity contribution in [2.75, 3.05) is 19.8 Å². The summed E-state index contributed by atoms with van der Waals surface area (Å²) in [6.45, 7) is 0.986. The number of nitrogens with zero attached hydrogens (tertiary/aromatic N) is 2. The lowest BCUT2D eigenvalue weighted by Gasteiger charge is -2.14. The van der Waals surface area contributed by atoms with Crippen molar-refractivity contribution in [3.8, 4) is 0 Å². The molecular weight excluding hydrogens is 132 g/mol. The summed E-state index contributed by atoms with van der Waals surface area (Å²) in [6.07, 6.45) is 6.00. The van der Waals surface area contributed by atoms with Crippen molar-refractivity contribution in [2.24, 2.45) is 4.99 Å². The van der Waals surface area contributed by atoms with Crippen molar-refractivity contribution in [3.63, 3.8) is 0 Å². The molecule has 0 spiro atoms. The number of thioether (sulfide) groups is 1. The molecule has 1 aliphatic rings. The van der Waals surface area contributed by atoms with E-state index in [4.69, 9.17) is 0 Å². The van der Waals surface area contributed by atoms with Gasteiger partial charge >= 0.3 is 0 Å². The molecule has 0 aliphatic carbocycles. The first-order valence-corrected chi connectivity index (χ1v) is 4.04. The van der Waals surface area contributed by atoms with Crippen LogP contribution in [0.15, 0.2) is 16.1 Å². The predicted octanol–water partition coefficient (Wildman–Crippen LogP) is 1.16. The van der Waals surface area contributed by atoms with Crippen LogP contribution in [0.1, 0.15) is 0 Å². The largest absolute Gasteiger partial charge is 0.362 e. The molecule has 0 N–H and O–H groups in total. The second-order valence-electron chi connectivity index (χ2n) is 1.93. The van der Waals surface area contributed by atoms with E-state index in [0.29, 0.717) is 0 Å². The van der Waals surface area contributed by atoms with Gasteiger partial charge in [-0.05, 0) is 12.3 Å². The molecule has 0 amide bonds. The molecule has 3 heteroatoms. The summed E-state index contributed by atoms with van der Waals surface area (Å²) in [5.41, 5.74) is 0.